The van der Waals surface area contributed by atoms with Crippen molar-refractivity contribution < 1.29 is 46.8 Å². The van der Waals surface area contributed by atoms with Crippen LogP contribution in [-0.4, -0.2) is 34.6 Å². The van der Waals surface area contributed by atoms with Gasteiger partial charge in [0, 0.05) is 35.5 Å². The minimum Gasteiger partial charge on any atom is -0.550 e. The van der Waals surface area contributed by atoms with E-state index in [1.165, 1.54) is 11.1 Å². The van der Waals surface area contributed by atoms with Gasteiger partial charge in [-0.1, -0.05) is 51.0 Å². The topological polar surface area (TPSA) is 145 Å². The van der Waals surface area contributed by atoms with Crippen molar-refractivity contribution in [2.24, 2.45) is 9.98 Å². The maximum absolute atomic E-state index is 10.2. The van der Waals surface area contributed by atoms with Gasteiger partial charge < -0.3 is 30.0 Å². The summed E-state index contributed by atoms with van der Waals surface area (Å²) >= 11 is 0. The second-order valence-electron chi connectivity index (χ2n) is 8.98. The van der Waals surface area contributed by atoms with E-state index in [0.717, 1.165) is 52.4 Å². The molecule has 41 heavy (non-hydrogen) atoms. The number of hydrogen-bond acceptors (Lipinski definition) is 8. The Morgan fingerprint density at radius 1 is 0.707 bits per heavy atom. The molecule has 0 atom stereocenters. The van der Waals surface area contributed by atoms with Gasteiger partial charge in [-0.25, -0.2) is 0 Å². The average Bonchev–Trinajstić information content (AvgIpc) is 2.90. The monoisotopic (exact) mass is 605 g/mol. The quantitative estimate of drug-likeness (QED) is 0.318. The zero-order chi connectivity index (χ0) is 29.9. The Kier molecular flexibility index (Phi) is 18.9. The van der Waals surface area contributed by atoms with Crippen molar-refractivity contribution in [2.45, 2.75) is 66.2 Å². The van der Waals surface area contributed by atoms with Crippen LogP contribution in [0.25, 0.3) is 0 Å². The van der Waals surface area contributed by atoms with Gasteiger partial charge in [-0.3, -0.25) is 9.98 Å². The molecule has 3 aromatic carbocycles. The summed E-state index contributed by atoms with van der Waals surface area (Å²) in [6, 6.07) is 18.9. The summed E-state index contributed by atoms with van der Waals surface area (Å²) in [5, 5.41) is 38.2. The van der Waals surface area contributed by atoms with Crippen molar-refractivity contribution in [3.8, 4) is 11.5 Å². The molecule has 0 heterocycles. The number of aliphatic imine (C=N–C) groups is 2. The Morgan fingerprint density at radius 3 is 1.37 bits per heavy atom. The maximum Gasteiger partial charge on any atom is 2.00 e. The van der Waals surface area contributed by atoms with E-state index < -0.39 is 11.9 Å². The van der Waals surface area contributed by atoms with Gasteiger partial charge in [-0.2, -0.15) is 0 Å². The van der Waals surface area contributed by atoms with Crippen LogP contribution in [0.5, 0.6) is 11.5 Å². The zero-order valence-electron chi connectivity index (χ0n) is 23.9. The summed E-state index contributed by atoms with van der Waals surface area (Å²) in [6.07, 6.45) is 9.83. The van der Waals surface area contributed by atoms with E-state index >= 15 is 0 Å². The van der Waals surface area contributed by atoms with Crippen molar-refractivity contribution in [1.29, 1.82) is 0 Å². The molecule has 0 aromatic heterocycles. The van der Waals surface area contributed by atoms with Crippen molar-refractivity contribution in [1.82, 2.24) is 0 Å². The van der Waals surface area contributed by atoms with E-state index in [9.17, 15) is 10.2 Å². The number of phenols is 2. The molecule has 3 aromatic rings. The summed E-state index contributed by atoms with van der Waals surface area (Å²) in [6.45, 7) is 6.28. The van der Waals surface area contributed by atoms with Crippen molar-refractivity contribution >= 4 is 35.7 Å². The molecule has 221 valence electrons. The fourth-order valence-corrected chi connectivity index (χ4v) is 3.45. The van der Waals surface area contributed by atoms with Gasteiger partial charge in [-0.15, -0.1) is 0 Å². The summed E-state index contributed by atoms with van der Waals surface area (Å²) in [4.78, 5) is 27.0. The zero-order valence-corrected chi connectivity index (χ0v) is 25.0. The minimum atomic E-state index is -1.08. The molecular formula is C32H38CoN2O6. The number of carboxylic acids is 2. The predicted octanol–water partition coefficient (Wildman–Crippen LogP) is 4.79. The van der Waals surface area contributed by atoms with E-state index in [2.05, 4.69) is 23.8 Å². The normalized spacial score (nSPS) is 10.2. The average molecular weight is 606 g/mol. The number of hydrogen-bond donors (Lipinski definition) is 2. The molecule has 0 amide bonds. The van der Waals surface area contributed by atoms with Crippen LogP contribution in [0.1, 0.15) is 75.6 Å². The molecule has 0 bridgehead atoms. The SMILES string of the molecule is CC(=O)[O-].CC(=O)[O-].CCCCc1ccc(O)c(C=Nc2ccccc2N=Cc2cc(CCCC)ccc2O)c1.[Co+2]. The van der Waals surface area contributed by atoms with Crippen LogP contribution in [0.3, 0.4) is 0 Å². The summed E-state index contributed by atoms with van der Waals surface area (Å²) in [5.74, 6) is -1.74. The first-order valence-corrected chi connectivity index (χ1v) is 13.2. The van der Waals surface area contributed by atoms with Crippen LogP contribution in [0.15, 0.2) is 70.6 Å². The first-order chi connectivity index (χ1) is 19.1. The number of aliphatic carboxylic acids is 2. The number of aromatic hydroxyl groups is 2. The number of carboxylic acid groups (broad SMARTS) is 2. The molecule has 0 saturated carbocycles. The molecule has 0 fully saturated rings. The number of aryl methyl sites for hydroxylation is 2. The third-order valence-electron chi connectivity index (χ3n) is 5.39. The van der Waals surface area contributed by atoms with Gasteiger partial charge in [0.25, 0.3) is 0 Å². The Labute approximate surface area is 252 Å². The standard InChI is InChI=1S/C28H32N2O2.2C2H4O2.Co/c1-3-5-9-21-13-15-27(31)23(17-21)19-29-25-11-7-8-12-26(25)30-20-24-18-22(10-6-4-2)14-16-28(24)32;2*1-2(3)4;/h7-8,11-20,31-32H,3-6,9-10H2,1-2H3;2*1H3,(H,3,4);/q;;;+2/p-2. The third-order valence-corrected chi connectivity index (χ3v) is 5.39. The van der Waals surface area contributed by atoms with E-state index in [1.54, 1.807) is 24.6 Å². The Bertz CT molecular complexity index is 1180. The predicted molar refractivity (Wildman–Crippen MR) is 156 cm³/mol. The first-order valence-electron chi connectivity index (χ1n) is 13.2. The van der Waals surface area contributed by atoms with Crippen molar-refractivity contribution in [2.75, 3.05) is 0 Å². The van der Waals surface area contributed by atoms with Crippen LogP contribution < -0.4 is 10.2 Å². The fraction of sp³-hybridized carbons (Fsp3) is 0.312. The van der Waals surface area contributed by atoms with Gasteiger partial charge in [-0.05, 0) is 87.1 Å². The van der Waals surface area contributed by atoms with Gasteiger partial charge >= 0.3 is 16.8 Å². The molecule has 3 rings (SSSR count). The van der Waals surface area contributed by atoms with Crippen LogP contribution >= 0.6 is 0 Å². The Morgan fingerprint density at radius 2 is 1.05 bits per heavy atom. The Hall–Kier alpha value is -3.95. The number of unbranched alkanes of at least 4 members (excludes halogenated alkanes) is 2. The number of carbonyl (C=O) groups is 2. The largest absolute Gasteiger partial charge is 2.00 e. The summed E-state index contributed by atoms with van der Waals surface area (Å²) in [5.41, 5.74) is 5.16. The molecule has 0 unspecified atom stereocenters. The van der Waals surface area contributed by atoms with Gasteiger partial charge in [0.15, 0.2) is 0 Å². The summed E-state index contributed by atoms with van der Waals surface area (Å²) in [7, 11) is 0. The van der Waals surface area contributed by atoms with E-state index in [-0.39, 0.29) is 28.3 Å². The Balaban J connectivity index is 0.00000158. The molecular weight excluding hydrogens is 567 g/mol. The fourth-order valence-electron chi connectivity index (χ4n) is 3.45. The van der Waals surface area contributed by atoms with Gasteiger partial charge in [0.05, 0.1) is 11.4 Å². The molecule has 0 saturated heterocycles. The van der Waals surface area contributed by atoms with E-state index in [4.69, 9.17) is 19.8 Å². The number of para-hydroxylation sites is 2. The van der Waals surface area contributed by atoms with Crippen LogP contribution in [0.4, 0.5) is 11.4 Å². The van der Waals surface area contributed by atoms with E-state index in [0.29, 0.717) is 22.5 Å². The second kappa shape index (κ2) is 20.9. The third kappa shape index (κ3) is 16.0. The molecule has 9 heteroatoms. The molecule has 2 N–H and O–H groups in total. The maximum atomic E-state index is 10.2. The second-order valence-corrected chi connectivity index (χ2v) is 8.98. The molecule has 1 radical (unpaired) electrons. The molecule has 0 aliphatic rings. The van der Waals surface area contributed by atoms with Crippen molar-refractivity contribution in [3.63, 3.8) is 0 Å². The van der Waals surface area contributed by atoms with Gasteiger partial charge in [0.1, 0.15) is 11.5 Å². The smallest absolute Gasteiger partial charge is 0.550 e. The molecule has 0 spiro atoms. The molecule has 0 aliphatic carbocycles. The van der Waals surface area contributed by atoms with Crippen LogP contribution in [-0.2, 0) is 39.2 Å². The number of carbonyl (C=O) groups excluding carboxylic acids is 2. The van der Waals surface area contributed by atoms with Crippen molar-refractivity contribution in [3.05, 3.63) is 82.9 Å². The first kappa shape index (κ1) is 37.0. The number of nitrogens with zero attached hydrogens (tertiary/aromatic N) is 2. The summed E-state index contributed by atoms with van der Waals surface area (Å²) < 4.78 is 0. The van der Waals surface area contributed by atoms with Gasteiger partial charge in [0.2, 0.25) is 0 Å². The number of phenolic OH excluding ortho intramolecular Hbond substituents is 2. The van der Waals surface area contributed by atoms with E-state index in [1.807, 2.05) is 48.5 Å². The molecule has 8 nitrogen and oxygen atoms in total. The number of benzene rings is 3. The molecule has 0 aliphatic heterocycles. The number of rotatable bonds is 10. The van der Waals surface area contributed by atoms with Crippen LogP contribution in [0.2, 0.25) is 0 Å². The van der Waals surface area contributed by atoms with Crippen LogP contribution in [0, 0.1) is 0 Å². The minimum absolute atomic E-state index is 0.